The van der Waals surface area contributed by atoms with Crippen molar-refractivity contribution in [3.8, 4) is 5.75 Å². The number of sulfonamides is 1. The van der Waals surface area contributed by atoms with Crippen molar-refractivity contribution >= 4 is 33.2 Å². The second kappa shape index (κ2) is 9.05. The zero-order chi connectivity index (χ0) is 21.9. The Kier molecular flexibility index (Phi) is 7.19. The number of methoxy groups -OCH3 is 1. The van der Waals surface area contributed by atoms with E-state index in [2.05, 4.69) is 5.32 Å². The molecule has 2 aromatic carbocycles. The Morgan fingerprint density at radius 2 is 1.79 bits per heavy atom. The molecule has 2 aromatic rings. The zero-order valence-electron chi connectivity index (χ0n) is 17.5. The van der Waals surface area contributed by atoms with E-state index < -0.39 is 22.0 Å². The molecule has 2 rings (SSSR count). The van der Waals surface area contributed by atoms with E-state index in [-0.39, 0.29) is 11.7 Å². The molecule has 8 heteroatoms. The average molecular weight is 439 g/mol. The summed E-state index contributed by atoms with van der Waals surface area (Å²) < 4.78 is 31.4. The Morgan fingerprint density at radius 3 is 2.34 bits per heavy atom. The van der Waals surface area contributed by atoms with Gasteiger partial charge in [0.05, 0.1) is 25.1 Å². The van der Waals surface area contributed by atoms with Crippen LogP contribution in [-0.2, 0) is 14.8 Å². The summed E-state index contributed by atoms with van der Waals surface area (Å²) in [5, 5.41) is 3.25. The van der Waals surface area contributed by atoms with Crippen LogP contribution in [0.5, 0.6) is 5.75 Å². The fourth-order valence-electron chi connectivity index (χ4n) is 3.34. The summed E-state index contributed by atoms with van der Waals surface area (Å²) in [6.07, 6.45) is 1.05. The molecule has 0 unspecified atom stereocenters. The number of amides is 1. The highest BCUT2D eigenvalue weighted by Gasteiger charge is 2.32. The highest BCUT2D eigenvalue weighted by Crippen LogP contribution is 2.34. The number of aryl methyl sites for hydroxylation is 2. The summed E-state index contributed by atoms with van der Waals surface area (Å²) in [5.74, 6) is -0.119. The summed E-state index contributed by atoms with van der Waals surface area (Å²) in [6, 6.07) is 9.33. The second-order valence-corrected chi connectivity index (χ2v) is 9.44. The maximum absolute atomic E-state index is 13.0. The van der Waals surface area contributed by atoms with Gasteiger partial charge in [-0.3, -0.25) is 9.10 Å². The van der Waals surface area contributed by atoms with Crippen molar-refractivity contribution in [3.63, 3.8) is 0 Å². The Hall–Kier alpha value is -2.25. The third kappa shape index (κ3) is 5.42. The summed E-state index contributed by atoms with van der Waals surface area (Å²) in [7, 11) is -2.36. The molecule has 0 aromatic heterocycles. The van der Waals surface area contributed by atoms with Crippen LogP contribution in [-0.4, -0.2) is 33.7 Å². The molecule has 0 bridgehead atoms. The van der Waals surface area contributed by atoms with Gasteiger partial charge in [-0.1, -0.05) is 35.4 Å². The molecule has 1 amide bonds. The monoisotopic (exact) mass is 438 g/mol. The normalized spacial score (nSPS) is 13.5. The maximum Gasteiger partial charge on any atom is 0.244 e. The number of nitrogens with zero attached hydrogens (tertiary/aromatic N) is 1. The highest BCUT2D eigenvalue weighted by molar-refractivity contribution is 7.92. The predicted octanol–water partition coefficient (Wildman–Crippen LogP) is 4.00. The van der Waals surface area contributed by atoms with Crippen LogP contribution in [0.3, 0.4) is 0 Å². The first-order chi connectivity index (χ1) is 13.5. The number of rotatable bonds is 7. The molecule has 0 aliphatic heterocycles. The third-order valence-electron chi connectivity index (χ3n) is 4.72. The van der Waals surface area contributed by atoms with E-state index in [1.54, 1.807) is 12.1 Å². The predicted molar refractivity (Wildman–Crippen MR) is 117 cm³/mol. The standard InChI is InChI=1S/C21H27ClN2O4S/c1-13-7-9-18(14(2)11-13)15(3)23-21(25)16(4)24(29(6,26)27)19-12-17(22)8-10-20(19)28-5/h7-12,15-16H,1-6H3,(H,23,25)/t15-,16-/m1/s1. The number of anilines is 1. The molecule has 1 N–H and O–H groups in total. The van der Waals surface area contributed by atoms with E-state index >= 15 is 0 Å². The summed E-state index contributed by atoms with van der Waals surface area (Å²) in [4.78, 5) is 13.0. The van der Waals surface area contributed by atoms with Crippen molar-refractivity contribution in [1.29, 1.82) is 0 Å². The van der Waals surface area contributed by atoms with Crippen molar-refractivity contribution in [2.75, 3.05) is 17.7 Å². The first-order valence-electron chi connectivity index (χ1n) is 9.16. The van der Waals surface area contributed by atoms with Gasteiger partial charge in [0.15, 0.2) is 0 Å². The zero-order valence-corrected chi connectivity index (χ0v) is 19.1. The summed E-state index contributed by atoms with van der Waals surface area (Å²) >= 11 is 6.07. The van der Waals surface area contributed by atoms with Crippen LogP contribution < -0.4 is 14.4 Å². The molecule has 2 atom stereocenters. The van der Waals surface area contributed by atoms with Crippen molar-refractivity contribution in [2.45, 2.75) is 39.8 Å². The SMILES string of the molecule is COc1ccc(Cl)cc1N([C@H](C)C(=O)N[C@H](C)c1ccc(C)cc1C)S(C)(=O)=O. The Bertz CT molecular complexity index is 1010. The van der Waals surface area contributed by atoms with Crippen LogP contribution in [0.2, 0.25) is 5.02 Å². The maximum atomic E-state index is 13.0. The smallest absolute Gasteiger partial charge is 0.244 e. The van der Waals surface area contributed by atoms with Gasteiger partial charge in [-0.15, -0.1) is 0 Å². The van der Waals surface area contributed by atoms with E-state index in [9.17, 15) is 13.2 Å². The fraction of sp³-hybridized carbons (Fsp3) is 0.381. The van der Waals surface area contributed by atoms with Gasteiger partial charge in [0.2, 0.25) is 15.9 Å². The molecular formula is C21H27ClN2O4S. The third-order valence-corrected chi connectivity index (χ3v) is 6.18. The van der Waals surface area contributed by atoms with Gasteiger partial charge in [0.25, 0.3) is 0 Å². The van der Waals surface area contributed by atoms with Gasteiger partial charge in [0, 0.05) is 5.02 Å². The Morgan fingerprint density at radius 1 is 1.14 bits per heavy atom. The summed E-state index contributed by atoms with van der Waals surface area (Å²) in [6.45, 7) is 7.39. The lowest BCUT2D eigenvalue weighted by Crippen LogP contribution is -2.48. The molecule has 0 aliphatic carbocycles. The number of carbonyl (C=O) groups is 1. The van der Waals surface area contributed by atoms with Crippen LogP contribution in [0.25, 0.3) is 0 Å². The lowest BCUT2D eigenvalue weighted by molar-refractivity contribution is -0.122. The van der Waals surface area contributed by atoms with Crippen molar-refractivity contribution in [3.05, 3.63) is 58.1 Å². The van der Waals surface area contributed by atoms with Crippen molar-refractivity contribution in [2.24, 2.45) is 0 Å². The number of hydrogen-bond donors (Lipinski definition) is 1. The van der Waals surface area contributed by atoms with E-state index in [4.69, 9.17) is 16.3 Å². The molecule has 29 heavy (non-hydrogen) atoms. The lowest BCUT2D eigenvalue weighted by atomic mass is 10.00. The minimum atomic E-state index is -3.79. The quantitative estimate of drug-likeness (QED) is 0.708. The van der Waals surface area contributed by atoms with Gasteiger partial charge in [-0.25, -0.2) is 8.42 Å². The van der Waals surface area contributed by atoms with Crippen LogP contribution in [0.1, 0.15) is 36.6 Å². The fourth-order valence-corrected chi connectivity index (χ4v) is 4.68. The van der Waals surface area contributed by atoms with Gasteiger partial charge in [-0.2, -0.15) is 0 Å². The number of ether oxygens (including phenoxy) is 1. The molecule has 0 aliphatic rings. The molecule has 0 saturated heterocycles. The number of benzene rings is 2. The molecule has 0 heterocycles. The van der Waals surface area contributed by atoms with Gasteiger partial charge < -0.3 is 10.1 Å². The number of halogens is 1. The van der Waals surface area contributed by atoms with Gasteiger partial charge >= 0.3 is 0 Å². The van der Waals surface area contributed by atoms with Crippen LogP contribution in [0, 0.1) is 13.8 Å². The van der Waals surface area contributed by atoms with Crippen molar-refractivity contribution in [1.82, 2.24) is 5.32 Å². The van der Waals surface area contributed by atoms with Crippen LogP contribution in [0.4, 0.5) is 5.69 Å². The average Bonchev–Trinajstić information content (AvgIpc) is 2.60. The minimum absolute atomic E-state index is 0.212. The van der Waals surface area contributed by atoms with E-state index in [1.165, 1.54) is 20.1 Å². The largest absolute Gasteiger partial charge is 0.495 e. The van der Waals surface area contributed by atoms with Crippen molar-refractivity contribution < 1.29 is 17.9 Å². The number of hydrogen-bond acceptors (Lipinski definition) is 4. The van der Waals surface area contributed by atoms with Gasteiger partial charge in [0.1, 0.15) is 11.8 Å². The van der Waals surface area contributed by atoms with E-state index in [1.807, 2.05) is 39.0 Å². The molecule has 0 spiro atoms. The summed E-state index contributed by atoms with van der Waals surface area (Å²) in [5.41, 5.74) is 3.38. The minimum Gasteiger partial charge on any atom is -0.495 e. The topological polar surface area (TPSA) is 75.7 Å². The molecule has 158 valence electrons. The van der Waals surface area contributed by atoms with E-state index in [0.717, 1.165) is 27.3 Å². The van der Waals surface area contributed by atoms with Gasteiger partial charge in [-0.05, 0) is 57.0 Å². The highest BCUT2D eigenvalue weighted by atomic mass is 35.5. The number of carbonyl (C=O) groups excluding carboxylic acids is 1. The van der Waals surface area contributed by atoms with Crippen LogP contribution >= 0.6 is 11.6 Å². The molecule has 0 saturated carbocycles. The molecular weight excluding hydrogens is 412 g/mol. The Balaban J connectivity index is 2.36. The molecule has 0 radical (unpaired) electrons. The molecule has 0 fully saturated rings. The molecule has 6 nitrogen and oxygen atoms in total. The first-order valence-corrected chi connectivity index (χ1v) is 11.4. The number of nitrogens with one attached hydrogen (secondary N) is 1. The van der Waals surface area contributed by atoms with E-state index in [0.29, 0.717) is 10.8 Å². The Labute approximate surface area is 177 Å². The first kappa shape index (κ1) is 23.0. The lowest BCUT2D eigenvalue weighted by Gasteiger charge is -2.30. The van der Waals surface area contributed by atoms with Crippen LogP contribution in [0.15, 0.2) is 36.4 Å². The second-order valence-electron chi connectivity index (χ2n) is 7.14.